The molecule has 0 saturated carbocycles. The van der Waals surface area contributed by atoms with E-state index in [-0.39, 0.29) is 11.6 Å². The van der Waals surface area contributed by atoms with E-state index in [2.05, 4.69) is 17.4 Å². The Morgan fingerprint density at radius 1 is 1.00 bits per heavy atom. The summed E-state index contributed by atoms with van der Waals surface area (Å²) in [6.45, 7) is 6.60. The molecule has 0 bridgehead atoms. The van der Waals surface area contributed by atoms with Gasteiger partial charge in [0.05, 0.1) is 0 Å². The molecule has 1 N–H and O–H groups in total. The topological polar surface area (TPSA) is 55.1 Å². The third-order valence-electron chi connectivity index (χ3n) is 4.11. The molecule has 1 aromatic heterocycles. The van der Waals surface area contributed by atoms with Gasteiger partial charge in [-0.15, -0.1) is 0 Å². The number of carbonyl (C=O) groups excluding carboxylic acids is 1. The zero-order valence-electron chi connectivity index (χ0n) is 14.1. The Kier molecular flexibility index (Phi) is 4.47. The Balaban J connectivity index is 1.69. The molecule has 0 unspecified atom stereocenters. The molecule has 1 amide bonds. The van der Waals surface area contributed by atoms with Gasteiger partial charge in [0.15, 0.2) is 11.5 Å². The lowest BCUT2D eigenvalue weighted by atomic mass is 10.0. The number of hydrogen-bond donors (Lipinski definition) is 1. The molecule has 4 nitrogen and oxygen atoms in total. The van der Waals surface area contributed by atoms with Gasteiger partial charge >= 0.3 is 0 Å². The van der Waals surface area contributed by atoms with Gasteiger partial charge in [-0.3, -0.25) is 4.79 Å². The summed E-state index contributed by atoms with van der Waals surface area (Å²) in [6, 6.07) is 15.8. The van der Waals surface area contributed by atoms with Crippen LogP contribution in [0.3, 0.4) is 0 Å². The van der Waals surface area contributed by atoms with Gasteiger partial charge < -0.3 is 9.84 Å². The maximum atomic E-state index is 12.2. The highest BCUT2D eigenvalue weighted by atomic mass is 16.5. The van der Waals surface area contributed by atoms with Crippen LogP contribution in [0.2, 0.25) is 0 Å². The number of nitrogens with zero attached hydrogens (tertiary/aromatic N) is 1. The van der Waals surface area contributed by atoms with Gasteiger partial charge in [-0.05, 0) is 43.5 Å². The molecule has 24 heavy (non-hydrogen) atoms. The Hall–Kier alpha value is -2.88. The quantitative estimate of drug-likeness (QED) is 0.784. The van der Waals surface area contributed by atoms with E-state index in [1.807, 2.05) is 56.3 Å². The molecule has 122 valence electrons. The van der Waals surface area contributed by atoms with Crippen molar-refractivity contribution in [3.63, 3.8) is 0 Å². The van der Waals surface area contributed by atoms with Gasteiger partial charge in [-0.25, -0.2) is 0 Å². The lowest BCUT2D eigenvalue weighted by Crippen LogP contribution is -2.22. The summed E-state index contributed by atoms with van der Waals surface area (Å²) in [5, 5.41) is 6.74. The first-order valence-corrected chi connectivity index (χ1v) is 7.91. The van der Waals surface area contributed by atoms with Crippen molar-refractivity contribution in [1.29, 1.82) is 0 Å². The van der Waals surface area contributed by atoms with Crippen LogP contribution < -0.4 is 5.32 Å². The van der Waals surface area contributed by atoms with E-state index in [4.69, 9.17) is 4.52 Å². The number of carbonyl (C=O) groups is 1. The third-order valence-corrected chi connectivity index (χ3v) is 4.11. The van der Waals surface area contributed by atoms with Crippen LogP contribution in [0.15, 0.2) is 53.1 Å². The average Bonchev–Trinajstić information content (AvgIpc) is 3.07. The van der Waals surface area contributed by atoms with Crippen molar-refractivity contribution in [1.82, 2.24) is 10.5 Å². The lowest BCUT2D eigenvalue weighted by Gasteiger charge is -2.03. The molecular formula is C20H20N2O2. The predicted molar refractivity (Wildman–Crippen MR) is 93.8 cm³/mol. The molecule has 0 aliphatic heterocycles. The molecule has 0 spiro atoms. The summed E-state index contributed by atoms with van der Waals surface area (Å²) in [5.41, 5.74) is 5.84. The fourth-order valence-corrected chi connectivity index (χ4v) is 2.39. The molecule has 1 heterocycles. The van der Waals surface area contributed by atoms with Gasteiger partial charge in [0, 0.05) is 18.2 Å². The average molecular weight is 320 g/mol. The van der Waals surface area contributed by atoms with E-state index in [0.29, 0.717) is 12.3 Å². The summed E-state index contributed by atoms with van der Waals surface area (Å²) >= 11 is 0. The molecule has 4 heteroatoms. The SMILES string of the molecule is Cc1ccc(CNC(=O)c2cc(-c3ccc(C)c(C)c3)on2)cc1. The number of benzene rings is 2. The predicted octanol–water partition coefficient (Wildman–Crippen LogP) is 4.20. The molecule has 0 saturated heterocycles. The van der Waals surface area contributed by atoms with Gasteiger partial charge in [0.2, 0.25) is 0 Å². The van der Waals surface area contributed by atoms with Crippen LogP contribution in [0.25, 0.3) is 11.3 Å². The molecule has 0 radical (unpaired) electrons. The second-order valence-electron chi connectivity index (χ2n) is 6.04. The van der Waals surface area contributed by atoms with Crippen molar-refractivity contribution in [3.8, 4) is 11.3 Å². The number of aryl methyl sites for hydroxylation is 3. The summed E-state index contributed by atoms with van der Waals surface area (Å²) < 4.78 is 5.32. The Morgan fingerprint density at radius 3 is 2.46 bits per heavy atom. The number of amides is 1. The van der Waals surface area contributed by atoms with Gasteiger partial charge in [-0.1, -0.05) is 47.1 Å². The molecule has 2 aromatic carbocycles. The highest BCUT2D eigenvalue weighted by molar-refractivity contribution is 5.93. The minimum atomic E-state index is -0.241. The number of nitrogens with one attached hydrogen (secondary N) is 1. The number of hydrogen-bond acceptors (Lipinski definition) is 3. The standard InChI is InChI=1S/C20H20N2O2/c1-13-4-7-16(8-5-13)12-21-20(23)18-11-19(24-22-18)17-9-6-14(2)15(3)10-17/h4-11H,12H2,1-3H3,(H,21,23). The van der Waals surface area contributed by atoms with Crippen LogP contribution in [0.5, 0.6) is 0 Å². The van der Waals surface area contributed by atoms with E-state index in [1.165, 1.54) is 16.7 Å². The third kappa shape index (κ3) is 3.54. The van der Waals surface area contributed by atoms with Crippen molar-refractivity contribution in [2.24, 2.45) is 0 Å². The fraction of sp³-hybridized carbons (Fsp3) is 0.200. The summed E-state index contributed by atoms with van der Waals surface area (Å²) in [7, 11) is 0. The zero-order chi connectivity index (χ0) is 17.1. The van der Waals surface area contributed by atoms with Gasteiger partial charge in [0.25, 0.3) is 5.91 Å². The van der Waals surface area contributed by atoms with Gasteiger partial charge in [0.1, 0.15) is 0 Å². The molecule has 0 fully saturated rings. The van der Waals surface area contributed by atoms with E-state index >= 15 is 0 Å². The second kappa shape index (κ2) is 6.71. The molecule has 3 aromatic rings. The zero-order valence-corrected chi connectivity index (χ0v) is 14.1. The highest BCUT2D eigenvalue weighted by Crippen LogP contribution is 2.23. The van der Waals surface area contributed by atoms with Crippen molar-refractivity contribution < 1.29 is 9.32 Å². The minimum Gasteiger partial charge on any atom is -0.355 e. The molecule has 3 rings (SSSR count). The maximum Gasteiger partial charge on any atom is 0.273 e. The van der Waals surface area contributed by atoms with E-state index in [9.17, 15) is 4.79 Å². The largest absolute Gasteiger partial charge is 0.355 e. The normalized spacial score (nSPS) is 10.6. The molecule has 0 aliphatic rings. The molecule has 0 aliphatic carbocycles. The smallest absolute Gasteiger partial charge is 0.273 e. The van der Waals surface area contributed by atoms with Crippen LogP contribution in [0.1, 0.15) is 32.7 Å². The first kappa shape index (κ1) is 16.0. The van der Waals surface area contributed by atoms with Crippen LogP contribution in [0, 0.1) is 20.8 Å². The van der Waals surface area contributed by atoms with Crippen LogP contribution in [-0.2, 0) is 6.54 Å². The van der Waals surface area contributed by atoms with Crippen molar-refractivity contribution in [3.05, 3.63) is 76.5 Å². The van der Waals surface area contributed by atoms with Crippen LogP contribution in [-0.4, -0.2) is 11.1 Å². The van der Waals surface area contributed by atoms with E-state index in [1.54, 1.807) is 6.07 Å². The Morgan fingerprint density at radius 2 is 1.75 bits per heavy atom. The van der Waals surface area contributed by atoms with Crippen molar-refractivity contribution in [2.45, 2.75) is 27.3 Å². The first-order valence-electron chi connectivity index (χ1n) is 7.91. The molecular weight excluding hydrogens is 300 g/mol. The van der Waals surface area contributed by atoms with Gasteiger partial charge in [-0.2, -0.15) is 0 Å². The Labute approximate surface area is 141 Å². The summed E-state index contributed by atoms with van der Waals surface area (Å²) in [5.74, 6) is 0.355. The first-order chi connectivity index (χ1) is 11.5. The van der Waals surface area contributed by atoms with Crippen LogP contribution >= 0.6 is 0 Å². The minimum absolute atomic E-state index is 0.241. The highest BCUT2D eigenvalue weighted by Gasteiger charge is 2.13. The fourth-order valence-electron chi connectivity index (χ4n) is 2.39. The summed E-state index contributed by atoms with van der Waals surface area (Å²) in [6.07, 6.45) is 0. The maximum absolute atomic E-state index is 12.2. The summed E-state index contributed by atoms with van der Waals surface area (Å²) in [4.78, 5) is 12.2. The van der Waals surface area contributed by atoms with E-state index in [0.717, 1.165) is 11.1 Å². The number of aromatic nitrogens is 1. The van der Waals surface area contributed by atoms with E-state index < -0.39 is 0 Å². The monoisotopic (exact) mass is 320 g/mol. The van der Waals surface area contributed by atoms with Crippen molar-refractivity contribution in [2.75, 3.05) is 0 Å². The van der Waals surface area contributed by atoms with Crippen LogP contribution in [0.4, 0.5) is 0 Å². The lowest BCUT2D eigenvalue weighted by molar-refractivity contribution is 0.0942. The number of rotatable bonds is 4. The molecule has 0 atom stereocenters. The van der Waals surface area contributed by atoms with Crippen molar-refractivity contribution >= 4 is 5.91 Å². The second-order valence-corrected chi connectivity index (χ2v) is 6.04. The Bertz CT molecular complexity index is 864.